The smallest absolute Gasteiger partial charge is 0.194 e. The Morgan fingerprint density at radius 2 is 2.15 bits per heavy atom. The molecule has 0 aliphatic heterocycles. The van der Waals surface area contributed by atoms with E-state index in [1.54, 1.807) is 6.20 Å². The van der Waals surface area contributed by atoms with Crippen LogP contribution in [0, 0.1) is 0 Å². The highest BCUT2D eigenvalue weighted by atomic mass is 79.9. The van der Waals surface area contributed by atoms with Crippen molar-refractivity contribution >= 4 is 31.9 Å². The average molecular weight is 400 g/mol. The SMILES string of the molecule is Brc1ccc(-c2cnc(CCCNC3CC3)o2)c(Br)c1. The first-order chi connectivity index (χ1) is 9.72. The molecule has 1 saturated carbocycles. The maximum Gasteiger partial charge on any atom is 0.194 e. The van der Waals surface area contributed by atoms with E-state index < -0.39 is 0 Å². The molecule has 0 spiro atoms. The van der Waals surface area contributed by atoms with Crippen LogP contribution in [0.1, 0.15) is 25.2 Å². The van der Waals surface area contributed by atoms with Gasteiger partial charge in [0.05, 0.1) is 6.20 Å². The van der Waals surface area contributed by atoms with Gasteiger partial charge in [0, 0.05) is 27.0 Å². The van der Waals surface area contributed by atoms with Gasteiger partial charge in [0.15, 0.2) is 11.7 Å². The van der Waals surface area contributed by atoms with Gasteiger partial charge in [-0.15, -0.1) is 0 Å². The van der Waals surface area contributed by atoms with Gasteiger partial charge >= 0.3 is 0 Å². The minimum atomic E-state index is 0.772. The molecular weight excluding hydrogens is 384 g/mol. The lowest BCUT2D eigenvalue weighted by molar-refractivity contribution is 0.491. The van der Waals surface area contributed by atoms with Crippen molar-refractivity contribution in [2.75, 3.05) is 6.54 Å². The highest BCUT2D eigenvalue weighted by Crippen LogP contribution is 2.31. The Kier molecular flexibility index (Phi) is 4.58. The molecule has 1 heterocycles. The Bertz CT molecular complexity index is 593. The molecule has 0 amide bonds. The van der Waals surface area contributed by atoms with Gasteiger partial charge in [-0.2, -0.15) is 0 Å². The Hall–Kier alpha value is -0.650. The molecule has 3 rings (SSSR count). The maximum atomic E-state index is 5.83. The molecule has 20 heavy (non-hydrogen) atoms. The number of halogens is 2. The lowest BCUT2D eigenvalue weighted by Crippen LogP contribution is -2.17. The zero-order chi connectivity index (χ0) is 13.9. The molecule has 2 aromatic rings. The van der Waals surface area contributed by atoms with Gasteiger partial charge in [-0.1, -0.05) is 15.9 Å². The summed E-state index contributed by atoms with van der Waals surface area (Å²) in [6.45, 7) is 1.05. The van der Waals surface area contributed by atoms with Crippen LogP contribution < -0.4 is 5.32 Å². The van der Waals surface area contributed by atoms with Crippen LogP contribution in [-0.4, -0.2) is 17.6 Å². The number of aryl methyl sites for hydroxylation is 1. The molecule has 1 aromatic carbocycles. The number of hydrogen-bond acceptors (Lipinski definition) is 3. The van der Waals surface area contributed by atoms with Gasteiger partial charge in [0.1, 0.15) is 0 Å². The molecular formula is C15H16Br2N2O. The van der Waals surface area contributed by atoms with Gasteiger partial charge in [0.2, 0.25) is 0 Å². The average Bonchev–Trinajstić information content (AvgIpc) is 3.13. The van der Waals surface area contributed by atoms with Crippen LogP contribution in [0.15, 0.2) is 37.8 Å². The predicted molar refractivity (Wildman–Crippen MR) is 86.7 cm³/mol. The molecule has 0 bridgehead atoms. The second-order valence-electron chi connectivity index (χ2n) is 5.07. The summed E-state index contributed by atoms with van der Waals surface area (Å²) in [5.74, 6) is 1.63. The van der Waals surface area contributed by atoms with Crippen LogP contribution in [0.2, 0.25) is 0 Å². The van der Waals surface area contributed by atoms with Crippen molar-refractivity contribution in [1.29, 1.82) is 0 Å². The third kappa shape index (κ3) is 3.71. The molecule has 5 heteroatoms. The monoisotopic (exact) mass is 398 g/mol. The number of benzene rings is 1. The molecule has 1 fully saturated rings. The van der Waals surface area contributed by atoms with E-state index in [1.807, 2.05) is 18.2 Å². The summed E-state index contributed by atoms with van der Waals surface area (Å²) in [6.07, 6.45) is 6.42. The van der Waals surface area contributed by atoms with Gasteiger partial charge in [0.25, 0.3) is 0 Å². The Morgan fingerprint density at radius 1 is 1.30 bits per heavy atom. The number of aromatic nitrogens is 1. The summed E-state index contributed by atoms with van der Waals surface area (Å²) < 4.78 is 7.87. The van der Waals surface area contributed by atoms with E-state index >= 15 is 0 Å². The highest BCUT2D eigenvalue weighted by molar-refractivity contribution is 9.11. The fraction of sp³-hybridized carbons (Fsp3) is 0.400. The van der Waals surface area contributed by atoms with Gasteiger partial charge < -0.3 is 9.73 Å². The van der Waals surface area contributed by atoms with Crippen molar-refractivity contribution in [2.24, 2.45) is 0 Å². The summed E-state index contributed by atoms with van der Waals surface area (Å²) in [7, 11) is 0. The zero-order valence-electron chi connectivity index (χ0n) is 11.0. The third-order valence-electron chi connectivity index (χ3n) is 3.33. The fourth-order valence-corrected chi connectivity index (χ4v) is 3.32. The molecule has 106 valence electrons. The topological polar surface area (TPSA) is 38.1 Å². The minimum absolute atomic E-state index is 0.772. The molecule has 1 aliphatic rings. The molecule has 1 aromatic heterocycles. The summed E-state index contributed by atoms with van der Waals surface area (Å²) in [5.41, 5.74) is 1.03. The van der Waals surface area contributed by atoms with E-state index in [4.69, 9.17) is 4.42 Å². The van der Waals surface area contributed by atoms with E-state index in [1.165, 1.54) is 12.8 Å². The Labute approximate surface area is 135 Å². The van der Waals surface area contributed by atoms with Crippen molar-refractivity contribution in [3.8, 4) is 11.3 Å². The fourth-order valence-electron chi connectivity index (χ4n) is 2.07. The van der Waals surface area contributed by atoms with Gasteiger partial charge in [-0.25, -0.2) is 4.98 Å². The van der Waals surface area contributed by atoms with Gasteiger partial charge in [-0.05, 0) is 59.9 Å². The summed E-state index contributed by atoms with van der Waals surface area (Å²) >= 11 is 7.00. The largest absolute Gasteiger partial charge is 0.441 e. The Morgan fingerprint density at radius 3 is 2.90 bits per heavy atom. The number of rotatable bonds is 6. The van der Waals surface area contributed by atoms with E-state index in [-0.39, 0.29) is 0 Å². The summed E-state index contributed by atoms with van der Waals surface area (Å²) in [4.78, 5) is 4.36. The first kappa shape index (κ1) is 14.3. The zero-order valence-corrected chi connectivity index (χ0v) is 14.2. The number of hydrogen-bond donors (Lipinski definition) is 1. The van der Waals surface area contributed by atoms with Crippen LogP contribution in [0.4, 0.5) is 0 Å². The second-order valence-corrected chi connectivity index (χ2v) is 6.84. The molecule has 0 radical (unpaired) electrons. The molecule has 0 atom stereocenters. The quantitative estimate of drug-likeness (QED) is 0.724. The maximum absolute atomic E-state index is 5.83. The number of nitrogens with zero attached hydrogens (tertiary/aromatic N) is 1. The number of nitrogens with one attached hydrogen (secondary N) is 1. The van der Waals surface area contributed by atoms with Crippen molar-refractivity contribution in [1.82, 2.24) is 10.3 Å². The normalized spacial score (nSPS) is 14.7. The molecule has 0 saturated heterocycles. The van der Waals surface area contributed by atoms with Crippen LogP contribution >= 0.6 is 31.9 Å². The van der Waals surface area contributed by atoms with E-state index in [2.05, 4.69) is 42.2 Å². The second kappa shape index (κ2) is 6.41. The van der Waals surface area contributed by atoms with Crippen LogP contribution in [0.5, 0.6) is 0 Å². The molecule has 1 aliphatic carbocycles. The highest BCUT2D eigenvalue weighted by Gasteiger charge is 2.19. The van der Waals surface area contributed by atoms with Crippen LogP contribution in [0.3, 0.4) is 0 Å². The first-order valence-corrected chi connectivity index (χ1v) is 8.44. The van der Waals surface area contributed by atoms with Crippen molar-refractivity contribution in [3.05, 3.63) is 39.2 Å². The lowest BCUT2D eigenvalue weighted by Gasteiger charge is -2.01. The first-order valence-electron chi connectivity index (χ1n) is 6.86. The van der Waals surface area contributed by atoms with Crippen molar-refractivity contribution in [2.45, 2.75) is 31.7 Å². The van der Waals surface area contributed by atoms with Gasteiger partial charge in [-0.3, -0.25) is 0 Å². The molecule has 3 nitrogen and oxygen atoms in total. The van der Waals surface area contributed by atoms with Crippen molar-refractivity contribution in [3.63, 3.8) is 0 Å². The Balaban J connectivity index is 1.60. The standard InChI is InChI=1S/C15H16Br2N2O/c16-10-3-6-12(13(17)8-10)14-9-19-15(20-14)2-1-7-18-11-4-5-11/h3,6,8-9,11,18H,1-2,4-5,7H2. The molecule has 0 unspecified atom stereocenters. The third-order valence-corrected chi connectivity index (χ3v) is 4.48. The predicted octanol–water partition coefficient (Wildman–Crippen LogP) is 4.55. The van der Waals surface area contributed by atoms with Crippen molar-refractivity contribution < 1.29 is 4.42 Å². The minimum Gasteiger partial charge on any atom is -0.441 e. The van der Waals surface area contributed by atoms with E-state index in [0.29, 0.717) is 0 Å². The number of oxazole rings is 1. The van der Waals surface area contributed by atoms with Crippen LogP contribution in [0.25, 0.3) is 11.3 Å². The summed E-state index contributed by atoms with van der Waals surface area (Å²) in [6, 6.07) is 6.81. The van der Waals surface area contributed by atoms with Crippen LogP contribution in [-0.2, 0) is 6.42 Å². The van der Waals surface area contributed by atoms with E-state index in [0.717, 1.165) is 51.6 Å². The molecule has 1 N–H and O–H groups in total. The summed E-state index contributed by atoms with van der Waals surface area (Å²) in [5, 5.41) is 3.50. The lowest BCUT2D eigenvalue weighted by atomic mass is 10.2. The van der Waals surface area contributed by atoms with E-state index in [9.17, 15) is 0 Å².